The highest BCUT2D eigenvalue weighted by Crippen LogP contribution is 2.43. The van der Waals surface area contributed by atoms with Crippen molar-refractivity contribution >= 4 is 0 Å². The summed E-state index contributed by atoms with van der Waals surface area (Å²) in [4.78, 5) is 0. The second kappa shape index (κ2) is 4.63. The molecular formula is C12H24N2. The lowest BCUT2D eigenvalue weighted by molar-refractivity contribution is 0.431. The molecule has 2 rings (SSSR count). The molecule has 14 heavy (non-hydrogen) atoms. The third-order valence-corrected chi connectivity index (χ3v) is 3.71. The lowest BCUT2D eigenvalue weighted by atomic mass is 10.1. The van der Waals surface area contributed by atoms with Gasteiger partial charge in [0.1, 0.15) is 0 Å². The summed E-state index contributed by atoms with van der Waals surface area (Å²) in [5.41, 5.74) is 0.657. The molecule has 2 aliphatic rings. The predicted molar refractivity (Wildman–Crippen MR) is 60.5 cm³/mol. The van der Waals surface area contributed by atoms with Gasteiger partial charge in [0, 0.05) is 19.1 Å². The number of hydrogen-bond acceptors (Lipinski definition) is 2. The van der Waals surface area contributed by atoms with Gasteiger partial charge in [0.05, 0.1) is 0 Å². The van der Waals surface area contributed by atoms with Crippen molar-refractivity contribution in [2.45, 2.75) is 51.5 Å². The molecule has 0 aromatic rings. The van der Waals surface area contributed by atoms with E-state index in [4.69, 9.17) is 0 Å². The molecule has 1 aliphatic carbocycles. The van der Waals surface area contributed by atoms with E-state index >= 15 is 0 Å². The maximum atomic E-state index is 3.63. The number of nitrogens with one attached hydrogen (secondary N) is 2. The van der Waals surface area contributed by atoms with E-state index in [1.807, 2.05) is 0 Å². The summed E-state index contributed by atoms with van der Waals surface area (Å²) in [6.07, 6.45) is 8.42. The predicted octanol–water partition coefficient (Wildman–Crippen LogP) is 1.91. The summed E-state index contributed by atoms with van der Waals surface area (Å²) < 4.78 is 0. The van der Waals surface area contributed by atoms with E-state index in [1.54, 1.807) is 0 Å². The van der Waals surface area contributed by atoms with E-state index in [9.17, 15) is 0 Å². The highest BCUT2D eigenvalue weighted by Gasteiger charge is 2.36. The molecule has 2 N–H and O–H groups in total. The van der Waals surface area contributed by atoms with Crippen molar-refractivity contribution in [2.75, 3.05) is 19.6 Å². The zero-order valence-corrected chi connectivity index (χ0v) is 9.44. The van der Waals surface area contributed by atoms with Gasteiger partial charge >= 0.3 is 0 Å². The number of rotatable bonds is 4. The Morgan fingerprint density at radius 2 is 2.14 bits per heavy atom. The molecule has 1 unspecified atom stereocenters. The fourth-order valence-electron chi connectivity index (χ4n) is 2.21. The summed E-state index contributed by atoms with van der Waals surface area (Å²) in [5.74, 6) is 0. The van der Waals surface area contributed by atoms with Crippen molar-refractivity contribution in [3.05, 3.63) is 0 Å². The first-order valence-corrected chi connectivity index (χ1v) is 6.23. The fraction of sp³-hybridized carbons (Fsp3) is 1.00. The Morgan fingerprint density at radius 1 is 1.29 bits per heavy atom. The zero-order chi connectivity index (χ0) is 9.86. The standard InChI is InChI=1S/C12H24N2/c1-12(6-7-12)10-13-9-11-5-3-2-4-8-14-11/h11,13-14H,2-10H2,1H3. The molecule has 0 aromatic carbocycles. The van der Waals surface area contributed by atoms with Crippen LogP contribution >= 0.6 is 0 Å². The summed E-state index contributed by atoms with van der Waals surface area (Å²) in [6.45, 7) is 6.02. The quantitative estimate of drug-likeness (QED) is 0.717. The van der Waals surface area contributed by atoms with Crippen LogP contribution in [0, 0.1) is 5.41 Å². The fourth-order valence-corrected chi connectivity index (χ4v) is 2.21. The third kappa shape index (κ3) is 3.25. The van der Waals surface area contributed by atoms with Crippen LogP contribution in [0.1, 0.15) is 45.4 Å². The molecule has 1 saturated heterocycles. The van der Waals surface area contributed by atoms with Crippen molar-refractivity contribution in [3.8, 4) is 0 Å². The highest BCUT2D eigenvalue weighted by molar-refractivity contribution is 4.90. The van der Waals surface area contributed by atoms with Gasteiger partial charge in [-0.2, -0.15) is 0 Å². The summed E-state index contributed by atoms with van der Waals surface area (Å²) in [5, 5.41) is 7.25. The highest BCUT2D eigenvalue weighted by atomic mass is 15.0. The Bertz CT molecular complexity index is 167. The van der Waals surface area contributed by atoms with Crippen LogP contribution in [0.25, 0.3) is 0 Å². The van der Waals surface area contributed by atoms with E-state index in [-0.39, 0.29) is 0 Å². The minimum atomic E-state index is 0.657. The van der Waals surface area contributed by atoms with Crippen molar-refractivity contribution in [1.29, 1.82) is 0 Å². The Kier molecular flexibility index (Phi) is 3.45. The van der Waals surface area contributed by atoms with Gasteiger partial charge in [-0.05, 0) is 37.6 Å². The maximum absolute atomic E-state index is 3.63. The first-order valence-electron chi connectivity index (χ1n) is 6.23. The van der Waals surface area contributed by atoms with Crippen molar-refractivity contribution < 1.29 is 0 Å². The average Bonchev–Trinajstić information content (AvgIpc) is 2.92. The first-order chi connectivity index (χ1) is 6.79. The van der Waals surface area contributed by atoms with Crippen molar-refractivity contribution in [2.24, 2.45) is 5.41 Å². The minimum absolute atomic E-state index is 0.657. The topological polar surface area (TPSA) is 24.1 Å². The minimum Gasteiger partial charge on any atom is -0.315 e. The third-order valence-electron chi connectivity index (χ3n) is 3.71. The van der Waals surface area contributed by atoms with Crippen LogP contribution < -0.4 is 10.6 Å². The van der Waals surface area contributed by atoms with Crippen LogP contribution in [0.2, 0.25) is 0 Å². The zero-order valence-electron chi connectivity index (χ0n) is 9.44. The van der Waals surface area contributed by atoms with E-state index in [0.717, 1.165) is 6.04 Å². The van der Waals surface area contributed by atoms with E-state index < -0.39 is 0 Å². The molecular weight excluding hydrogens is 172 g/mol. The van der Waals surface area contributed by atoms with E-state index in [1.165, 1.54) is 58.2 Å². The second-order valence-electron chi connectivity index (χ2n) is 5.44. The summed E-state index contributed by atoms with van der Waals surface area (Å²) >= 11 is 0. The van der Waals surface area contributed by atoms with Gasteiger partial charge in [0.25, 0.3) is 0 Å². The van der Waals surface area contributed by atoms with Crippen molar-refractivity contribution in [3.63, 3.8) is 0 Å². The van der Waals surface area contributed by atoms with E-state index in [0.29, 0.717) is 5.41 Å². The monoisotopic (exact) mass is 196 g/mol. The first kappa shape index (κ1) is 10.4. The molecule has 1 saturated carbocycles. The lowest BCUT2D eigenvalue weighted by Crippen LogP contribution is -2.39. The van der Waals surface area contributed by atoms with Gasteiger partial charge in [-0.15, -0.1) is 0 Å². The smallest absolute Gasteiger partial charge is 0.0192 e. The van der Waals surface area contributed by atoms with Crippen LogP contribution in [-0.2, 0) is 0 Å². The summed E-state index contributed by atoms with van der Waals surface area (Å²) in [7, 11) is 0. The molecule has 1 heterocycles. The molecule has 2 fully saturated rings. The van der Waals surface area contributed by atoms with Crippen LogP contribution in [0.4, 0.5) is 0 Å². The summed E-state index contributed by atoms with van der Waals surface area (Å²) in [6, 6.07) is 0.736. The Morgan fingerprint density at radius 3 is 2.93 bits per heavy atom. The van der Waals surface area contributed by atoms with Gasteiger partial charge < -0.3 is 10.6 Å². The molecule has 0 spiro atoms. The molecule has 1 atom stereocenters. The Hall–Kier alpha value is -0.0800. The van der Waals surface area contributed by atoms with Crippen molar-refractivity contribution in [1.82, 2.24) is 10.6 Å². The van der Waals surface area contributed by atoms with Gasteiger partial charge in [0.15, 0.2) is 0 Å². The van der Waals surface area contributed by atoms with Gasteiger partial charge in [-0.1, -0.05) is 19.8 Å². The van der Waals surface area contributed by atoms with Gasteiger partial charge in [0.2, 0.25) is 0 Å². The van der Waals surface area contributed by atoms with Crippen LogP contribution in [-0.4, -0.2) is 25.7 Å². The molecule has 0 aromatic heterocycles. The van der Waals surface area contributed by atoms with Gasteiger partial charge in [-0.25, -0.2) is 0 Å². The second-order valence-corrected chi connectivity index (χ2v) is 5.44. The van der Waals surface area contributed by atoms with Crippen LogP contribution in [0.15, 0.2) is 0 Å². The number of hydrogen-bond donors (Lipinski definition) is 2. The molecule has 82 valence electrons. The molecule has 0 bridgehead atoms. The SMILES string of the molecule is CC1(CNCC2CCCCCN2)CC1. The molecule has 2 nitrogen and oxygen atoms in total. The molecule has 2 heteroatoms. The normalized spacial score (nSPS) is 31.1. The van der Waals surface area contributed by atoms with Crippen LogP contribution in [0.5, 0.6) is 0 Å². The Labute approximate surface area is 87.8 Å². The maximum Gasteiger partial charge on any atom is 0.0192 e. The van der Waals surface area contributed by atoms with E-state index in [2.05, 4.69) is 17.6 Å². The molecule has 0 radical (unpaired) electrons. The van der Waals surface area contributed by atoms with Gasteiger partial charge in [-0.3, -0.25) is 0 Å². The molecule has 0 amide bonds. The van der Waals surface area contributed by atoms with Crippen LogP contribution in [0.3, 0.4) is 0 Å². The molecule has 1 aliphatic heterocycles. The lowest BCUT2D eigenvalue weighted by Gasteiger charge is -2.18. The average molecular weight is 196 g/mol. The largest absolute Gasteiger partial charge is 0.315 e. The Balaban J connectivity index is 1.59.